The van der Waals surface area contributed by atoms with Crippen LogP contribution in [0.5, 0.6) is 0 Å². The molecule has 2 amide bonds. The maximum Gasteiger partial charge on any atom is 0.247 e. The van der Waals surface area contributed by atoms with Gasteiger partial charge >= 0.3 is 0 Å². The molecule has 0 fully saturated rings. The third-order valence-electron chi connectivity index (χ3n) is 4.56. The van der Waals surface area contributed by atoms with Crippen molar-refractivity contribution in [3.63, 3.8) is 0 Å². The number of unbranched alkanes of at least 4 members (excludes halogenated alkanes) is 1. The largest absolute Gasteiger partial charge is 0.354 e. The van der Waals surface area contributed by atoms with Gasteiger partial charge in [-0.2, -0.15) is 0 Å². The van der Waals surface area contributed by atoms with E-state index in [2.05, 4.69) is 12.2 Å². The molecule has 0 bridgehead atoms. The van der Waals surface area contributed by atoms with Crippen LogP contribution < -0.4 is 5.32 Å². The van der Waals surface area contributed by atoms with Crippen LogP contribution in [0.25, 0.3) is 0 Å². The standard InChI is InChI=1S/C23H29ClN2O2/c1-3-5-16-25-23(28)22(19-10-7-6-8-11-19)26(21(27)9-4-2)17-18-12-14-20(24)15-13-18/h6-8,10-15,22H,3-5,9,16-17H2,1-2H3,(H,25,28)/t22-/m0/s1. The van der Waals surface area contributed by atoms with Crippen LogP contribution in [0.15, 0.2) is 54.6 Å². The van der Waals surface area contributed by atoms with Crippen molar-refractivity contribution in [2.45, 2.75) is 52.1 Å². The summed E-state index contributed by atoms with van der Waals surface area (Å²) in [5.41, 5.74) is 1.76. The first-order valence-corrected chi connectivity index (χ1v) is 10.3. The number of carbonyl (C=O) groups is 2. The van der Waals surface area contributed by atoms with Crippen LogP contribution in [0.2, 0.25) is 5.02 Å². The van der Waals surface area contributed by atoms with Gasteiger partial charge in [-0.1, -0.05) is 74.3 Å². The minimum atomic E-state index is -0.659. The summed E-state index contributed by atoms with van der Waals surface area (Å²) in [4.78, 5) is 27.8. The van der Waals surface area contributed by atoms with Crippen LogP contribution in [0, 0.1) is 0 Å². The Morgan fingerprint density at radius 1 is 1.00 bits per heavy atom. The van der Waals surface area contributed by atoms with Gasteiger partial charge in [-0.3, -0.25) is 9.59 Å². The lowest BCUT2D eigenvalue weighted by atomic mass is 10.0. The van der Waals surface area contributed by atoms with Crippen LogP contribution in [0.4, 0.5) is 0 Å². The fourth-order valence-electron chi connectivity index (χ4n) is 3.06. The van der Waals surface area contributed by atoms with E-state index in [0.29, 0.717) is 24.5 Å². The molecule has 150 valence electrons. The summed E-state index contributed by atoms with van der Waals surface area (Å²) in [7, 11) is 0. The van der Waals surface area contributed by atoms with Crippen molar-refractivity contribution in [3.05, 3.63) is 70.7 Å². The van der Waals surface area contributed by atoms with Crippen molar-refractivity contribution < 1.29 is 9.59 Å². The molecular formula is C23H29ClN2O2. The molecule has 0 radical (unpaired) electrons. The molecule has 28 heavy (non-hydrogen) atoms. The average molecular weight is 401 g/mol. The van der Waals surface area contributed by atoms with Crippen LogP contribution in [0.3, 0.4) is 0 Å². The smallest absolute Gasteiger partial charge is 0.247 e. The molecule has 0 unspecified atom stereocenters. The molecule has 4 nitrogen and oxygen atoms in total. The molecular weight excluding hydrogens is 372 g/mol. The lowest BCUT2D eigenvalue weighted by Gasteiger charge is -2.31. The summed E-state index contributed by atoms with van der Waals surface area (Å²) < 4.78 is 0. The molecule has 0 aliphatic carbocycles. The van der Waals surface area contributed by atoms with Gasteiger partial charge in [0.15, 0.2) is 0 Å². The predicted octanol–water partition coefficient (Wildman–Crippen LogP) is 5.13. The van der Waals surface area contributed by atoms with Crippen molar-refractivity contribution in [2.24, 2.45) is 0 Å². The zero-order valence-corrected chi connectivity index (χ0v) is 17.4. The maximum atomic E-state index is 13.1. The van der Waals surface area contributed by atoms with Gasteiger partial charge in [-0.05, 0) is 36.1 Å². The van der Waals surface area contributed by atoms with E-state index in [0.717, 1.165) is 30.4 Å². The summed E-state index contributed by atoms with van der Waals surface area (Å²) in [5, 5.41) is 3.65. The SMILES string of the molecule is CCCCNC(=O)[C@H](c1ccccc1)N(Cc1ccc(Cl)cc1)C(=O)CCC. The van der Waals surface area contributed by atoms with E-state index in [9.17, 15) is 9.59 Å². The monoisotopic (exact) mass is 400 g/mol. The number of nitrogens with one attached hydrogen (secondary N) is 1. The second-order valence-corrected chi connectivity index (χ2v) is 7.29. The normalized spacial score (nSPS) is 11.7. The van der Waals surface area contributed by atoms with Gasteiger partial charge in [0.2, 0.25) is 11.8 Å². The third kappa shape index (κ3) is 6.38. The van der Waals surface area contributed by atoms with Gasteiger partial charge in [0.1, 0.15) is 6.04 Å². The van der Waals surface area contributed by atoms with E-state index in [1.54, 1.807) is 17.0 Å². The quantitative estimate of drug-likeness (QED) is 0.562. The van der Waals surface area contributed by atoms with Gasteiger partial charge in [0.05, 0.1) is 0 Å². The number of nitrogens with zero attached hydrogens (tertiary/aromatic N) is 1. The fraction of sp³-hybridized carbons (Fsp3) is 0.391. The number of halogens is 1. The van der Waals surface area contributed by atoms with Gasteiger partial charge < -0.3 is 10.2 Å². The second kappa shape index (κ2) is 11.5. The summed E-state index contributed by atoms with van der Waals surface area (Å²) in [5.74, 6) is -0.171. The minimum absolute atomic E-state index is 0.0306. The molecule has 0 spiro atoms. The summed E-state index contributed by atoms with van der Waals surface area (Å²) >= 11 is 6.00. The summed E-state index contributed by atoms with van der Waals surface area (Å²) in [6.07, 6.45) is 3.04. The molecule has 0 saturated carbocycles. The topological polar surface area (TPSA) is 49.4 Å². The van der Waals surface area contributed by atoms with Gasteiger partial charge in [0.25, 0.3) is 0 Å². The Morgan fingerprint density at radius 2 is 1.68 bits per heavy atom. The van der Waals surface area contributed by atoms with Gasteiger partial charge in [-0.25, -0.2) is 0 Å². The average Bonchev–Trinajstić information content (AvgIpc) is 2.70. The predicted molar refractivity (Wildman–Crippen MR) is 114 cm³/mol. The van der Waals surface area contributed by atoms with Gasteiger partial charge in [-0.15, -0.1) is 0 Å². The Bertz CT molecular complexity index is 747. The highest BCUT2D eigenvalue weighted by molar-refractivity contribution is 6.30. The number of rotatable bonds is 10. The van der Waals surface area contributed by atoms with E-state index in [1.165, 1.54) is 0 Å². The van der Waals surface area contributed by atoms with E-state index in [1.807, 2.05) is 49.4 Å². The Kier molecular flexibility index (Phi) is 9.02. The first kappa shape index (κ1) is 22.0. The molecule has 2 aromatic carbocycles. The molecule has 0 saturated heterocycles. The Hall–Kier alpha value is -2.33. The number of hydrogen-bond donors (Lipinski definition) is 1. The van der Waals surface area contributed by atoms with Crippen LogP contribution in [-0.2, 0) is 16.1 Å². The maximum absolute atomic E-state index is 13.1. The highest BCUT2D eigenvalue weighted by Gasteiger charge is 2.30. The third-order valence-corrected chi connectivity index (χ3v) is 4.81. The molecule has 0 aliphatic heterocycles. The van der Waals surface area contributed by atoms with Crippen molar-refractivity contribution in [2.75, 3.05) is 6.54 Å². The Morgan fingerprint density at radius 3 is 2.29 bits per heavy atom. The zero-order chi connectivity index (χ0) is 20.4. The van der Waals surface area contributed by atoms with Crippen molar-refractivity contribution in [1.29, 1.82) is 0 Å². The van der Waals surface area contributed by atoms with Crippen LogP contribution >= 0.6 is 11.6 Å². The number of benzene rings is 2. The summed E-state index contributed by atoms with van der Waals surface area (Å²) in [6.45, 7) is 5.02. The molecule has 0 aliphatic rings. The molecule has 0 heterocycles. The zero-order valence-electron chi connectivity index (χ0n) is 16.7. The number of carbonyl (C=O) groups excluding carboxylic acids is 2. The van der Waals surface area contributed by atoms with E-state index in [4.69, 9.17) is 11.6 Å². The highest BCUT2D eigenvalue weighted by Crippen LogP contribution is 2.25. The first-order chi connectivity index (χ1) is 13.6. The molecule has 1 atom stereocenters. The number of amides is 2. The summed E-state index contributed by atoms with van der Waals surface area (Å²) in [6, 6.07) is 16.2. The van der Waals surface area contributed by atoms with Crippen LogP contribution in [-0.4, -0.2) is 23.3 Å². The van der Waals surface area contributed by atoms with Crippen molar-refractivity contribution in [3.8, 4) is 0 Å². The Balaban J connectivity index is 2.36. The lowest BCUT2D eigenvalue weighted by molar-refractivity contribution is -0.141. The molecule has 2 rings (SSSR count). The minimum Gasteiger partial charge on any atom is -0.354 e. The molecule has 1 N–H and O–H groups in total. The van der Waals surface area contributed by atoms with Crippen LogP contribution in [0.1, 0.15) is 56.7 Å². The van der Waals surface area contributed by atoms with E-state index >= 15 is 0 Å². The second-order valence-electron chi connectivity index (χ2n) is 6.86. The fourth-order valence-corrected chi connectivity index (χ4v) is 3.19. The van der Waals surface area contributed by atoms with E-state index in [-0.39, 0.29) is 11.8 Å². The number of hydrogen-bond acceptors (Lipinski definition) is 2. The highest BCUT2D eigenvalue weighted by atomic mass is 35.5. The first-order valence-electron chi connectivity index (χ1n) is 9.93. The molecule has 0 aromatic heterocycles. The van der Waals surface area contributed by atoms with Gasteiger partial charge in [0, 0.05) is 24.5 Å². The Labute approximate surface area is 172 Å². The lowest BCUT2D eigenvalue weighted by Crippen LogP contribution is -2.43. The van der Waals surface area contributed by atoms with E-state index < -0.39 is 6.04 Å². The molecule has 2 aromatic rings. The van der Waals surface area contributed by atoms with Crippen molar-refractivity contribution >= 4 is 23.4 Å². The molecule has 5 heteroatoms. The van der Waals surface area contributed by atoms with Crippen molar-refractivity contribution in [1.82, 2.24) is 10.2 Å².